The zero-order chi connectivity index (χ0) is 26.0. The van der Waals surface area contributed by atoms with Gasteiger partial charge in [-0.3, -0.25) is 23.5 Å². The SMILES string of the molecule is COCCN(C)CCN1CCCC(n2nc(C(=O)N3CCOCC3)c3c2-c2ccccc2S(O)(O)C3)C1. The topological polar surface area (TPSA) is 104 Å². The predicted molar refractivity (Wildman–Crippen MR) is 143 cm³/mol. The van der Waals surface area contributed by atoms with E-state index in [0.29, 0.717) is 42.5 Å². The Morgan fingerprint density at radius 3 is 2.78 bits per heavy atom. The summed E-state index contributed by atoms with van der Waals surface area (Å²) in [6.45, 7) is 7.45. The molecule has 2 saturated heterocycles. The van der Waals surface area contributed by atoms with Crippen LogP contribution in [0.4, 0.5) is 0 Å². The number of hydrogen-bond acceptors (Lipinski definition) is 8. The minimum absolute atomic E-state index is 0.0193. The van der Waals surface area contributed by atoms with Crippen LogP contribution in [0.25, 0.3) is 11.3 Å². The summed E-state index contributed by atoms with van der Waals surface area (Å²) in [6.07, 6.45) is 2.01. The summed E-state index contributed by atoms with van der Waals surface area (Å²) in [5.74, 6) is -0.133. The van der Waals surface area contributed by atoms with Crippen LogP contribution in [0.2, 0.25) is 0 Å². The van der Waals surface area contributed by atoms with Gasteiger partial charge in [-0.1, -0.05) is 18.2 Å². The Hall–Kier alpha value is -1.99. The third-order valence-corrected chi connectivity index (χ3v) is 9.40. The lowest BCUT2D eigenvalue weighted by atomic mass is 10.0. The van der Waals surface area contributed by atoms with Crippen molar-refractivity contribution in [3.63, 3.8) is 0 Å². The molecule has 5 rings (SSSR count). The van der Waals surface area contributed by atoms with E-state index in [4.69, 9.17) is 14.6 Å². The van der Waals surface area contributed by atoms with E-state index in [1.807, 2.05) is 22.9 Å². The first-order valence-corrected chi connectivity index (χ1v) is 14.8. The second kappa shape index (κ2) is 11.4. The maximum atomic E-state index is 13.6. The molecule has 0 radical (unpaired) electrons. The van der Waals surface area contributed by atoms with Crippen molar-refractivity contribution >= 4 is 16.5 Å². The first-order valence-electron chi connectivity index (χ1n) is 13.1. The van der Waals surface area contributed by atoms with Crippen molar-refractivity contribution in [2.45, 2.75) is 29.5 Å². The van der Waals surface area contributed by atoms with Crippen LogP contribution in [-0.2, 0) is 15.2 Å². The number of likely N-dealkylation sites (N-methyl/N-ethyl adjacent to an activating group) is 1. The van der Waals surface area contributed by atoms with Crippen LogP contribution >= 0.6 is 10.6 Å². The molecule has 2 aromatic rings. The van der Waals surface area contributed by atoms with E-state index in [9.17, 15) is 13.9 Å². The lowest BCUT2D eigenvalue weighted by molar-refractivity contribution is 0.0297. The molecule has 11 heteroatoms. The maximum Gasteiger partial charge on any atom is 0.274 e. The van der Waals surface area contributed by atoms with E-state index in [0.717, 1.165) is 63.4 Å². The number of carbonyl (C=O) groups excluding carboxylic acids is 1. The summed E-state index contributed by atoms with van der Waals surface area (Å²) in [5, 5.41) is 4.95. The van der Waals surface area contributed by atoms with Gasteiger partial charge >= 0.3 is 0 Å². The first kappa shape index (κ1) is 26.6. The molecule has 2 fully saturated rings. The number of amides is 1. The fraction of sp³-hybridized carbons (Fsp3) is 0.615. The highest BCUT2D eigenvalue weighted by Gasteiger charge is 2.39. The molecule has 1 atom stereocenters. The van der Waals surface area contributed by atoms with Gasteiger partial charge in [0.05, 0.1) is 42.2 Å². The predicted octanol–water partition coefficient (Wildman–Crippen LogP) is 2.86. The van der Waals surface area contributed by atoms with E-state index in [1.54, 1.807) is 18.1 Å². The normalized spacial score (nSPS) is 22.5. The summed E-state index contributed by atoms with van der Waals surface area (Å²) in [7, 11) is 0.768. The average molecular weight is 534 g/mol. The number of aromatic nitrogens is 2. The van der Waals surface area contributed by atoms with Crippen molar-refractivity contribution in [1.82, 2.24) is 24.5 Å². The van der Waals surface area contributed by atoms with Crippen molar-refractivity contribution in [2.24, 2.45) is 0 Å². The number of fused-ring (bicyclic) bond motifs is 3. The molecule has 1 unspecified atom stereocenters. The van der Waals surface area contributed by atoms with Crippen molar-refractivity contribution in [1.29, 1.82) is 0 Å². The number of ether oxygens (including phenoxy) is 2. The Kier molecular flexibility index (Phi) is 8.20. The summed E-state index contributed by atoms with van der Waals surface area (Å²) in [4.78, 5) is 20.7. The van der Waals surface area contributed by atoms with Crippen molar-refractivity contribution < 1.29 is 23.4 Å². The van der Waals surface area contributed by atoms with Gasteiger partial charge in [-0.05, 0) is 32.5 Å². The molecule has 1 aromatic carbocycles. The number of hydrogen-bond donors (Lipinski definition) is 2. The van der Waals surface area contributed by atoms with E-state index >= 15 is 0 Å². The van der Waals surface area contributed by atoms with Gasteiger partial charge in [0.1, 0.15) is 0 Å². The Bertz CT molecular complexity index is 1100. The number of morpholine rings is 1. The largest absolute Gasteiger partial charge is 0.383 e. The number of rotatable bonds is 8. The standard InChI is InChI=1S/C26H39N5O5S/c1-28(12-15-35-2)10-11-29-9-5-6-20(18-29)31-25-21-7-3-4-8-23(21)37(33,34)19-22(25)24(27-31)26(32)30-13-16-36-17-14-30/h3-4,7-8,20,33-34H,5-6,9-19H2,1-2H3. The number of piperidine rings is 1. The molecular weight excluding hydrogens is 494 g/mol. The van der Waals surface area contributed by atoms with E-state index < -0.39 is 10.6 Å². The third-order valence-electron chi connectivity index (χ3n) is 7.65. The zero-order valence-corrected chi connectivity index (χ0v) is 22.7. The minimum atomic E-state index is -3.07. The van der Waals surface area contributed by atoms with Gasteiger partial charge in [0.25, 0.3) is 5.91 Å². The van der Waals surface area contributed by atoms with Gasteiger partial charge in [-0.25, -0.2) is 0 Å². The number of benzene rings is 1. The summed E-state index contributed by atoms with van der Waals surface area (Å²) < 4.78 is 34.8. The molecule has 3 aliphatic heterocycles. The second-order valence-electron chi connectivity index (χ2n) is 10.2. The van der Waals surface area contributed by atoms with Gasteiger partial charge in [0, 0.05) is 57.5 Å². The highest BCUT2D eigenvalue weighted by Crippen LogP contribution is 2.60. The average Bonchev–Trinajstić information content (AvgIpc) is 3.29. The minimum Gasteiger partial charge on any atom is -0.383 e. The Balaban J connectivity index is 1.47. The molecule has 2 N–H and O–H groups in total. The van der Waals surface area contributed by atoms with Crippen LogP contribution in [0.5, 0.6) is 0 Å². The van der Waals surface area contributed by atoms with E-state index in [1.165, 1.54) is 0 Å². The van der Waals surface area contributed by atoms with Crippen molar-refractivity contribution in [2.75, 3.05) is 79.8 Å². The Labute approximate surface area is 220 Å². The molecule has 0 spiro atoms. The monoisotopic (exact) mass is 533 g/mol. The van der Waals surface area contributed by atoms with Gasteiger partial charge < -0.3 is 19.3 Å². The molecule has 204 valence electrons. The highest BCUT2D eigenvalue weighted by molar-refractivity contribution is 8.23. The Morgan fingerprint density at radius 1 is 1.22 bits per heavy atom. The molecular formula is C26H39N5O5S. The fourth-order valence-electron chi connectivity index (χ4n) is 5.57. The maximum absolute atomic E-state index is 13.6. The van der Waals surface area contributed by atoms with Crippen LogP contribution in [0.1, 0.15) is 34.9 Å². The lowest BCUT2D eigenvalue weighted by Crippen LogP contribution is -2.42. The first-order chi connectivity index (χ1) is 17.9. The van der Waals surface area contributed by atoms with Gasteiger partial charge in [-0.15, -0.1) is 0 Å². The molecule has 37 heavy (non-hydrogen) atoms. The van der Waals surface area contributed by atoms with Gasteiger partial charge in [0.15, 0.2) is 5.69 Å². The third kappa shape index (κ3) is 5.58. The quantitative estimate of drug-likeness (QED) is 0.534. The van der Waals surface area contributed by atoms with Crippen LogP contribution in [0, 0.1) is 0 Å². The van der Waals surface area contributed by atoms with Crippen molar-refractivity contribution in [3.8, 4) is 11.3 Å². The lowest BCUT2D eigenvalue weighted by Gasteiger charge is -2.39. The molecule has 1 aromatic heterocycles. The Morgan fingerprint density at radius 2 is 2.00 bits per heavy atom. The molecule has 0 saturated carbocycles. The molecule has 10 nitrogen and oxygen atoms in total. The van der Waals surface area contributed by atoms with Gasteiger partial charge in [-0.2, -0.15) is 15.7 Å². The van der Waals surface area contributed by atoms with E-state index in [2.05, 4.69) is 16.8 Å². The number of carbonyl (C=O) groups is 1. The molecule has 1 amide bonds. The summed E-state index contributed by atoms with van der Waals surface area (Å²) in [6, 6.07) is 7.56. The van der Waals surface area contributed by atoms with Crippen molar-refractivity contribution in [3.05, 3.63) is 35.5 Å². The summed E-state index contributed by atoms with van der Waals surface area (Å²) in [5.41, 5.74) is 2.64. The number of nitrogens with zero attached hydrogens (tertiary/aromatic N) is 5. The fourth-order valence-corrected chi connectivity index (χ4v) is 7.22. The second-order valence-corrected chi connectivity index (χ2v) is 12.3. The zero-order valence-electron chi connectivity index (χ0n) is 21.8. The highest BCUT2D eigenvalue weighted by atomic mass is 32.3. The van der Waals surface area contributed by atoms with Crippen LogP contribution in [-0.4, -0.2) is 119 Å². The number of methoxy groups -OCH3 is 1. The van der Waals surface area contributed by atoms with Crippen LogP contribution in [0.15, 0.2) is 29.2 Å². The molecule has 0 bridgehead atoms. The van der Waals surface area contributed by atoms with Crippen LogP contribution in [0.3, 0.4) is 0 Å². The van der Waals surface area contributed by atoms with Gasteiger partial charge in [0.2, 0.25) is 0 Å². The number of likely N-dealkylation sites (tertiary alicyclic amines) is 1. The molecule has 3 aliphatic rings. The molecule has 4 heterocycles. The molecule has 0 aliphatic carbocycles. The van der Waals surface area contributed by atoms with E-state index in [-0.39, 0.29) is 17.7 Å². The summed E-state index contributed by atoms with van der Waals surface area (Å²) >= 11 is 0. The smallest absolute Gasteiger partial charge is 0.274 e. The van der Waals surface area contributed by atoms with Crippen LogP contribution < -0.4 is 0 Å².